The summed E-state index contributed by atoms with van der Waals surface area (Å²) in [7, 11) is -3.65. The number of hydrogen-bond donors (Lipinski definition) is 1. The van der Waals surface area contributed by atoms with Crippen molar-refractivity contribution in [2.75, 3.05) is 43.9 Å². The average Bonchev–Trinajstić information content (AvgIpc) is 2.92. The number of ether oxygens (including phenoxy) is 1. The molecule has 1 saturated heterocycles. The van der Waals surface area contributed by atoms with Gasteiger partial charge in [0.1, 0.15) is 17.6 Å². The number of piperazine rings is 1. The second kappa shape index (κ2) is 11.6. The summed E-state index contributed by atoms with van der Waals surface area (Å²) in [5.41, 5.74) is 1.46. The Bertz CT molecular complexity index is 1390. The number of amides is 2. The van der Waals surface area contributed by atoms with Crippen molar-refractivity contribution in [1.82, 2.24) is 10.2 Å². The smallest absolute Gasteiger partial charge is 0.252 e. The minimum atomic E-state index is -3.65. The van der Waals surface area contributed by atoms with Crippen LogP contribution in [0.3, 0.4) is 0 Å². The maximum atomic E-state index is 13.8. The molecule has 8 nitrogen and oxygen atoms in total. The average molecular weight is 540 g/mol. The van der Waals surface area contributed by atoms with Crippen molar-refractivity contribution < 1.29 is 27.1 Å². The maximum absolute atomic E-state index is 13.8. The van der Waals surface area contributed by atoms with Gasteiger partial charge in [0.25, 0.3) is 5.91 Å². The number of anilines is 1. The van der Waals surface area contributed by atoms with E-state index in [0.29, 0.717) is 55.3 Å². The summed E-state index contributed by atoms with van der Waals surface area (Å²) >= 11 is 0. The molecule has 3 aromatic carbocycles. The Kier molecular flexibility index (Phi) is 8.31. The molecule has 10 heteroatoms. The number of rotatable bonds is 8. The van der Waals surface area contributed by atoms with Gasteiger partial charge < -0.3 is 19.9 Å². The zero-order chi connectivity index (χ0) is 27.3. The van der Waals surface area contributed by atoms with E-state index in [2.05, 4.69) is 5.32 Å². The fourth-order valence-electron chi connectivity index (χ4n) is 4.41. The number of hydrogen-bond acceptors (Lipinski definition) is 6. The topological polar surface area (TPSA) is 96.0 Å². The van der Waals surface area contributed by atoms with Crippen LogP contribution < -0.4 is 15.0 Å². The molecule has 0 radical (unpaired) electrons. The van der Waals surface area contributed by atoms with Gasteiger partial charge in [-0.05, 0) is 55.0 Å². The Labute approximate surface area is 221 Å². The molecule has 0 saturated carbocycles. The van der Waals surface area contributed by atoms with Crippen LogP contribution in [-0.4, -0.2) is 64.2 Å². The van der Waals surface area contributed by atoms with Crippen LogP contribution in [0.2, 0.25) is 0 Å². The second-order valence-corrected chi connectivity index (χ2v) is 11.0. The van der Waals surface area contributed by atoms with E-state index >= 15 is 0 Å². The summed E-state index contributed by atoms with van der Waals surface area (Å²) in [5, 5.41) is 2.87. The Balaban J connectivity index is 1.50. The van der Waals surface area contributed by atoms with Gasteiger partial charge in [0.05, 0.1) is 17.2 Å². The van der Waals surface area contributed by atoms with Crippen molar-refractivity contribution in [2.24, 2.45) is 0 Å². The first-order valence-electron chi connectivity index (χ1n) is 12.3. The summed E-state index contributed by atoms with van der Waals surface area (Å²) in [4.78, 5) is 30.1. The fourth-order valence-corrected chi connectivity index (χ4v) is 5.32. The summed E-state index contributed by atoms with van der Waals surface area (Å²) in [5.74, 6) is -0.634. The summed E-state index contributed by atoms with van der Waals surface area (Å²) in [6.07, 6.45) is 1.04. The highest BCUT2D eigenvalue weighted by atomic mass is 32.2. The number of halogens is 1. The predicted molar refractivity (Wildman–Crippen MR) is 143 cm³/mol. The lowest BCUT2D eigenvalue weighted by molar-refractivity contribution is -0.133. The standard InChI is InChI=1S/C28H30FN3O5S/c1-3-37-23-12-9-21(10-13-23)27(33)30-26(20-7-5-4-6-8-20)28(34)32-17-15-31(16-18-32)24-14-11-22(29)19-25(24)38(2,35)36/h4-14,19,26H,3,15-18H2,1-2H3,(H,30,33)/t26-/m1/s1. The van der Waals surface area contributed by atoms with Gasteiger partial charge in [-0.25, -0.2) is 12.8 Å². The van der Waals surface area contributed by atoms with E-state index in [1.54, 1.807) is 53.4 Å². The molecule has 1 fully saturated rings. The third-order valence-electron chi connectivity index (χ3n) is 6.34. The van der Waals surface area contributed by atoms with E-state index in [-0.39, 0.29) is 10.8 Å². The molecular formula is C28H30FN3O5S. The molecular weight excluding hydrogens is 509 g/mol. The highest BCUT2D eigenvalue weighted by Crippen LogP contribution is 2.28. The summed E-state index contributed by atoms with van der Waals surface area (Å²) in [6.45, 7) is 3.71. The van der Waals surface area contributed by atoms with Gasteiger partial charge in [0, 0.05) is 38.0 Å². The van der Waals surface area contributed by atoms with Crippen molar-refractivity contribution in [3.8, 4) is 5.75 Å². The van der Waals surface area contributed by atoms with Crippen LogP contribution in [0, 0.1) is 5.82 Å². The van der Waals surface area contributed by atoms with Crippen molar-refractivity contribution in [3.05, 3.63) is 89.7 Å². The number of sulfone groups is 1. The Hall–Kier alpha value is -3.92. The fraction of sp³-hybridized carbons (Fsp3) is 0.286. The van der Waals surface area contributed by atoms with E-state index < -0.39 is 27.6 Å². The first-order valence-corrected chi connectivity index (χ1v) is 14.2. The number of nitrogens with zero attached hydrogens (tertiary/aromatic N) is 2. The van der Waals surface area contributed by atoms with E-state index in [1.165, 1.54) is 12.1 Å². The third-order valence-corrected chi connectivity index (χ3v) is 7.46. The van der Waals surface area contributed by atoms with E-state index in [0.717, 1.165) is 12.3 Å². The minimum absolute atomic E-state index is 0.0814. The summed E-state index contributed by atoms with van der Waals surface area (Å²) < 4.78 is 43.7. The quantitative estimate of drug-likeness (QED) is 0.471. The van der Waals surface area contributed by atoms with Gasteiger partial charge in [-0.3, -0.25) is 9.59 Å². The monoisotopic (exact) mass is 539 g/mol. The minimum Gasteiger partial charge on any atom is -0.494 e. The van der Waals surface area contributed by atoms with Crippen LogP contribution in [0.25, 0.3) is 0 Å². The lowest BCUT2D eigenvalue weighted by atomic mass is 10.0. The molecule has 38 heavy (non-hydrogen) atoms. The summed E-state index contributed by atoms with van der Waals surface area (Å²) in [6, 6.07) is 18.5. The molecule has 4 rings (SSSR count). The SMILES string of the molecule is CCOc1ccc(C(=O)N[C@@H](C(=O)N2CCN(c3ccc(F)cc3S(C)(=O)=O)CC2)c2ccccc2)cc1. The normalized spacial score (nSPS) is 14.6. The molecule has 1 aliphatic heterocycles. The molecule has 1 N–H and O–H groups in total. The van der Waals surface area contributed by atoms with Crippen LogP contribution in [0.4, 0.5) is 10.1 Å². The molecule has 0 aliphatic carbocycles. The first-order chi connectivity index (χ1) is 18.2. The molecule has 2 amide bonds. The highest BCUT2D eigenvalue weighted by Gasteiger charge is 2.31. The Morgan fingerprint density at radius 1 is 0.974 bits per heavy atom. The molecule has 1 aliphatic rings. The van der Waals surface area contributed by atoms with Crippen LogP contribution in [0.5, 0.6) is 5.75 Å². The van der Waals surface area contributed by atoms with Gasteiger partial charge in [-0.15, -0.1) is 0 Å². The molecule has 3 aromatic rings. The lowest BCUT2D eigenvalue weighted by Crippen LogP contribution is -2.52. The molecule has 0 spiro atoms. The number of nitrogens with one attached hydrogen (secondary N) is 1. The number of carbonyl (C=O) groups is 2. The van der Waals surface area contributed by atoms with E-state index in [1.807, 2.05) is 17.9 Å². The van der Waals surface area contributed by atoms with E-state index in [9.17, 15) is 22.4 Å². The molecule has 0 bridgehead atoms. The van der Waals surface area contributed by atoms with Crippen LogP contribution in [0.15, 0.2) is 77.7 Å². The Morgan fingerprint density at radius 3 is 2.24 bits per heavy atom. The van der Waals surface area contributed by atoms with Crippen molar-refractivity contribution in [1.29, 1.82) is 0 Å². The van der Waals surface area contributed by atoms with Gasteiger partial charge in [-0.1, -0.05) is 30.3 Å². The molecule has 1 heterocycles. The zero-order valence-corrected chi connectivity index (χ0v) is 22.1. The lowest BCUT2D eigenvalue weighted by Gasteiger charge is -2.38. The zero-order valence-electron chi connectivity index (χ0n) is 21.3. The predicted octanol–water partition coefficient (Wildman–Crippen LogP) is 3.45. The van der Waals surface area contributed by atoms with Gasteiger partial charge in [-0.2, -0.15) is 0 Å². The van der Waals surface area contributed by atoms with Crippen LogP contribution in [-0.2, 0) is 14.6 Å². The maximum Gasteiger partial charge on any atom is 0.252 e. The first kappa shape index (κ1) is 27.1. The molecule has 0 unspecified atom stereocenters. The number of benzene rings is 3. The van der Waals surface area contributed by atoms with Crippen LogP contribution in [0.1, 0.15) is 28.9 Å². The number of carbonyl (C=O) groups excluding carboxylic acids is 2. The second-order valence-electron chi connectivity index (χ2n) is 8.97. The van der Waals surface area contributed by atoms with Crippen molar-refractivity contribution >= 4 is 27.3 Å². The van der Waals surface area contributed by atoms with Crippen molar-refractivity contribution in [2.45, 2.75) is 17.9 Å². The third kappa shape index (κ3) is 6.31. The van der Waals surface area contributed by atoms with Crippen molar-refractivity contribution in [3.63, 3.8) is 0 Å². The Morgan fingerprint density at radius 2 is 1.63 bits per heavy atom. The molecule has 200 valence electrons. The largest absolute Gasteiger partial charge is 0.494 e. The van der Waals surface area contributed by atoms with Gasteiger partial charge >= 0.3 is 0 Å². The van der Waals surface area contributed by atoms with Gasteiger partial charge in [0.2, 0.25) is 5.91 Å². The van der Waals surface area contributed by atoms with E-state index in [4.69, 9.17) is 4.74 Å². The highest BCUT2D eigenvalue weighted by molar-refractivity contribution is 7.90. The van der Waals surface area contributed by atoms with Crippen LogP contribution >= 0.6 is 0 Å². The van der Waals surface area contributed by atoms with Gasteiger partial charge in [0.15, 0.2) is 9.84 Å². The molecule has 0 aromatic heterocycles. The molecule has 1 atom stereocenters.